The predicted octanol–water partition coefficient (Wildman–Crippen LogP) is 0.409. The van der Waals surface area contributed by atoms with Crippen molar-refractivity contribution >= 4 is 41.4 Å². The van der Waals surface area contributed by atoms with Crippen molar-refractivity contribution in [3.63, 3.8) is 0 Å². The van der Waals surface area contributed by atoms with E-state index in [2.05, 4.69) is 27.2 Å². The first-order valence-corrected chi connectivity index (χ1v) is 10.2. The van der Waals surface area contributed by atoms with Gasteiger partial charge in [-0.15, -0.1) is 18.3 Å². The summed E-state index contributed by atoms with van der Waals surface area (Å²) in [6.45, 7) is 3.91. The van der Waals surface area contributed by atoms with Crippen LogP contribution < -0.4 is 10.6 Å². The summed E-state index contributed by atoms with van der Waals surface area (Å²) in [5.41, 5.74) is -1.09. The topological polar surface area (TPSA) is 125 Å². The number of hydrogen-bond donors (Lipinski definition) is 3. The molecule has 0 aliphatic carbocycles. The Labute approximate surface area is 164 Å². The average Bonchev–Trinajstić information content (AvgIpc) is 2.69. The molecule has 3 heterocycles. The van der Waals surface area contributed by atoms with Gasteiger partial charge in [-0.3, -0.25) is 9.59 Å². The van der Waals surface area contributed by atoms with Gasteiger partial charge in [-0.05, 0) is 6.07 Å². The number of rotatable bonds is 7. The van der Waals surface area contributed by atoms with Crippen LogP contribution in [0.1, 0.15) is 0 Å². The summed E-state index contributed by atoms with van der Waals surface area (Å²) in [4.78, 5) is 45.9. The van der Waals surface area contributed by atoms with Gasteiger partial charge >= 0.3 is 12.0 Å². The van der Waals surface area contributed by atoms with Gasteiger partial charge in [0.1, 0.15) is 16.8 Å². The number of carboxylic acid groups (broad SMARTS) is 1. The van der Waals surface area contributed by atoms with E-state index in [1.54, 1.807) is 24.5 Å². The molecule has 2 fully saturated rings. The van der Waals surface area contributed by atoms with E-state index in [1.165, 1.54) is 28.4 Å². The van der Waals surface area contributed by atoms with Crippen LogP contribution in [0, 0.1) is 5.41 Å². The number of thioether (sulfide) groups is 2. The molecule has 3 atom stereocenters. The summed E-state index contributed by atoms with van der Waals surface area (Å²) < 4.78 is 0. The lowest BCUT2D eigenvalue weighted by atomic mass is 9.89. The normalized spacial score (nSPS) is 26.5. The van der Waals surface area contributed by atoms with E-state index in [0.717, 1.165) is 0 Å². The number of carboxylic acids is 1. The Bertz CT molecular complexity index is 750. The minimum Gasteiger partial charge on any atom is -0.481 e. The number of urea groups is 1. The second-order valence-electron chi connectivity index (χ2n) is 6.19. The van der Waals surface area contributed by atoms with E-state index in [1.807, 2.05) is 0 Å². The molecule has 2 aliphatic heterocycles. The van der Waals surface area contributed by atoms with E-state index in [0.29, 0.717) is 17.5 Å². The molecule has 0 radical (unpaired) electrons. The lowest BCUT2D eigenvalue weighted by molar-refractivity contribution is -0.155. The quantitative estimate of drug-likeness (QED) is 0.256. The zero-order chi connectivity index (χ0) is 19.4. The van der Waals surface area contributed by atoms with E-state index in [-0.39, 0.29) is 23.6 Å². The van der Waals surface area contributed by atoms with E-state index in [4.69, 9.17) is 0 Å². The molecule has 0 bridgehead atoms. The monoisotopic (exact) mass is 409 g/mol. The third-order valence-electron chi connectivity index (χ3n) is 4.31. The lowest BCUT2D eigenvalue weighted by Gasteiger charge is -2.53. The number of nitrogens with zero attached hydrogens (tertiary/aromatic N) is 3. The minimum atomic E-state index is -1.09. The molecule has 1 aromatic rings. The number of amides is 3. The molecule has 3 rings (SSSR count). The molecule has 2 aliphatic rings. The summed E-state index contributed by atoms with van der Waals surface area (Å²) in [7, 11) is 0. The van der Waals surface area contributed by atoms with Crippen molar-refractivity contribution in [3.05, 3.63) is 31.1 Å². The van der Waals surface area contributed by atoms with Crippen LogP contribution in [0.2, 0.25) is 0 Å². The first-order valence-electron chi connectivity index (χ1n) is 8.17. The Morgan fingerprint density at radius 3 is 2.89 bits per heavy atom. The van der Waals surface area contributed by atoms with Gasteiger partial charge in [0.15, 0.2) is 5.16 Å². The van der Waals surface area contributed by atoms with Gasteiger partial charge in [-0.2, -0.15) is 0 Å². The van der Waals surface area contributed by atoms with Gasteiger partial charge in [0.2, 0.25) is 5.91 Å². The SMILES string of the molecule is C=CCNC(=O)NC1C(=O)N2CC(CSc3ncccn3)(C(=O)O)CS[C@H]12. The van der Waals surface area contributed by atoms with Crippen molar-refractivity contribution in [3.8, 4) is 0 Å². The number of β-lactam (4-membered cyclic amide) rings is 1. The Morgan fingerprint density at radius 1 is 1.48 bits per heavy atom. The van der Waals surface area contributed by atoms with Crippen LogP contribution in [-0.4, -0.2) is 73.9 Å². The second-order valence-corrected chi connectivity index (χ2v) is 8.24. The van der Waals surface area contributed by atoms with Crippen LogP contribution in [0.4, 0.5) is 4.79 Å². The van der Waals surface area contributed by atoms with Crippen LogP contribution in [0.3, 0.4) is 0 Å². The highest BCUT2D eigenvalue weighted by atomic mass is 32.2. The maximum atomic E-state index is 12.4. The highest BCUT2D eigenvalue weighted by Crippen LogP contribution is 2.44. The molecular formula is C16H19N5O4S2. The molecule has 1 aromatic heterocycles. The van der Waals surface area contributed by atoms with Gasteiger partial charge in [0, 0.05) is 37.0 Å². The molecule has 2 unspecified atom stereocenters. The standard InChI is InChI=1S/C16H19N5O4S2/c1-2-4-17-14(25)20-10-11(22)21-7-16(13(23)24,8-26-12(10)21)9-27-15-18-5-3-6-19-15/h2-3,5-6,10,12H,1,4,7-9H2,(H,23,24)(H2,17,20,25)/t10?,12-,16?/m1/s1. The number of carbonyl (C=O) groups is 3. The Hall–Kier alpha value is -2.27. The summed E-state index contributed by atoms with van der Waals surface area (Å²) in [6.07, 6.45) is 4.74. The molecule has 11 heteroatoms. The minimum absolute atomic E-state index is 0.102. The van der Waals surface area contributed by atoms with Crippen LogP contribution in [0.15, 0.2) is 36.3 Å². The Morgan fingerprint density at radius 2 is 2.22 bits per heavy atom. The highest BCUT2D eigenvalue weighted by Gasteiger charge is 2.57. The molecule has 0 aromatic carbocycles. The van der Waals surface area contributed by atoms with Crippen LogP contribution in [0.5, 0.6) is 0 Å². The van der Waals surface area contributed by atoms with E-state index >= 15 is 0 Å². The zero-order valence-corrected chi connectivity index (χ0v) is 16.0. The summed E-state index contributed by atoms with van der Waals surface area (Å²) >= 11 is 2.63. The first-order chi connectivity index (χ1) is 13.0. The van der Waals surface area contributed by atoms with Crippen molar-refractivity contribution in [2.75, 3.05) is 24.6 Å². The third-order valence-corrected chi connectivity index (χ3v) is 7.07. The molecule has 3 N–H and O–H groups in total. The summed E-state index contributed by atoms with van der Waals surface area (Å²) in [5, 5.41) is 15.2. The number of aliphatic carboxylic acids is 1. The lowest BCUT2D eigenvalue weighted by Crippen LogP contribution is -2.74. The van der Waals surface area contributed by atoms with Crippen LogP contribution >= 0.6 is 23.5 Å². The maximum absolute atomic E-state index is 12.4. The molecule has 3 amide bonds. The number of hydrogen-bond acceptors (Lipinski definition) is 7. The first kappa shape index (κ1) is 19.5. The fourth-order valence-corrected chi connectivity index (χ4v) is 5.49. The van der Waals surface area contributed by atoms with Gasteiger partial charge in [0.05, 0.1) is 0 Å². The van der Waals surface area contributed by atoms with Gasteiger partial charge in [-0.1, -0.05) is 17.8 Å². The summed E-state index contributed by atoms with van der Waals surface area (Å²) in [5.74, 6) is -0.631. The van der Waals surface area contributed by atoms with Crippen molar-refractivity contribution in [2.24, 2.45) is 5.41 Å². The van der Waals surface area contributed by atoms with Gasteiger partial charge in [0.25, 0.3) is 0 Å². The van der Waals surface area contributed by atoms with E-state index in [9.17, 15) is 19.5 Å². The van der Waals surface area contributed by atoms with Gasteiger partial charge < -0.3 is 20.6 Å². The Kier molecular flexibility index (Phi) is 5.90. The molecule has 144 valence electrons. The molecular weight excluding hydrogens is 390 g/mol. The Balaban J connectivity index is 1.62. The maximum Gasteiger partial charge on any atom is 0.315 e. The number of nitrogens with one attached hydrogen (secondary N) is 2. The smallest absolute Gasteiger partial charge is 0.315 e. The van der Waals surface area contributed by atoms with Crippen molar-refractivity contribution in [2.45, 2.75) is 16.6 Å². The van der Waals surface area contributed by atoms with E-state index < -0.39 is 23.5 Å². The molecule has 0 saturated carbocycles. The average molecular weight is 409 g/mol. The van der Waals surface area contributed by atoms with Crippen molar-refractivity contribution in [1.29, 1.82) is 0 Å². The molecule has 9 nitrogen and oxygen atoms in total. The van der Waals surface area contributed by atoms with Gasteiger partial charge in [-0.25, -0.2) is 14.8 Å². The number of fused-ring (bicyclic) bond motifs is 1. The molecule has 0 spiro atoms. The van der Waals surface area contributed by atoms with Crippen molar-refractivity contribution in [1.82, 2.24) is 25.5 Å². The molecule has 2 saturated heterocycles. The zero-order valence-electron chi connectivity index (χ0n) is 14.3. The highest BCUT2D eigenvalue weighted by molar-refractivity contribution is 8.00. The van der Waals surface area contributed by atoms with Crippen molar-refractivity contribution < 1.29 is 19.5 Å². The van der Waals surface area contributed by atoms with Crippen LogP contribution in [-0.2, 0) is 9.59 Å². The number of carbonyl (C=O) groups excluding carboxylic acids is 2. The predicted molar refractivity (Wildman–Crippen MR) is 101 cm³/mol. The largest absolute Gasteiger partial charge is 0.481 e. The fraction of sp³-hybridized carbons (Fsp3) is 0.438. The fourth-order valence-electron chi connectivity index (χ4n) is 2.83. The molecule has 27 heavy (non-hydrogen) atoms. The summed E-state index contributed by atoms with van der Waals surface area (Å²) in [6, 6.07) is 0.604. The van der Waals surface area contributed by atoms with Crippen LogP contribution in [0.25, 0.3) is 0 Å². The number of aromatic nitrogens is 2. The third kappa shape index (κ3) is 4.03. The second kappa shape index (κ2) is 8.17.